The van der Waals surface area contributed by atoms with Crippen LogP contribution < -0.4 is 5.73 Å². The molecule has 1 atom stereocenters. The molecule has 1 rings (SSSR count). The number of esters is 1. The molecule has 4 N–H and O–H groups in total. The number of alkyl halides is 6. The van der Waals surface area contributed by atoms with E-state index in [2.05, 4.69) is 9.64 Å². The maximum Gasteiger partial charge on any atom is 0.490 e. The minimum absolute atomic E-state index is 0.298. The molecule has 0 unspecified atom stereocenters. The van der Waals surface area contributed by atoms with Gasteiger partial charge in [0.1, 0.15) is 6.04 Å². The molecule has 0 amide bonds. The third-order valence-electron chi connectivity index (χ3n) is 3.43. The number of methoxy groups -OCH3 is 1. The normalized spacial score (nSPS) is 15.7. The number of nitrogens with two attached hydrogens (primary N) is 1. The van der Waals surface area contributed by atoms with Crippen molar-refractivity contribution >= 4 is 17.9 Å². The minimum atomic E-state index is -5.08. The lowest BCUT2D eigenvalue weighted by molar-refractivity contribution is -0.193. The number of hydrogen-bond donors (Lipinski definition) is 3. The first-order chi connectivity index (χ1) is 13.1. The monoisotopic (exact) mass is 442 g/mol. The number of nitrogens with zero attached hydrogens (tertiary/aromatic N) is 1. The summed E-state index contributed by atoms with van der Waals surface area (Å²) in [5.74, 6) is -5.81. The highest BCUT2D eigenvalue weighted by Gasteiger charge is 2.38. The van der Waals surface area contributed by atoms with Gasteiger partial charge in [0.2, 0.25) is 0 Å². The number of halogens is 6. The molecule has 1 heterocycles. The summed E-state index contributed by atoms with van der Waals surface area (Å²) in [4.78, 5) is 31.3. The van der Waals surface area contributed by atoms with Crippen molar-refractivity contribution in [2.75, 3.05) is 26.7 Å². The Morgan fingerprint density at radius 1 is 0.966 bits per heavy atom. The van der Waals surface area contributed by atoms with Crippen molar-refractivity contribution in [2.45, 2.75) is 50.5 Å². The number of ether oxygens (including phenoxy) is 1. The summed E-state index contributed by atoms with van der Waals surface area (Å²) in [5.41, 5.74) is 5.65. The van der Waals surface area contributed by atoms with E-state index in [1.165, 1.54) is 39.5 Å². The number of carbonyl (C=O) groups is 3. The zero-order valence-corrected chi connectivity index (χ0v) is 15.6. The Morgan fingerprint density at radius 3 is 1.66 bits per heavy atom. The second-order valence-corrected chi connectivity index (χ2v) is 5.78. The third-order valence-corrected chi connectivity index (χ3v) is 3.43. The largest absolute Gasteiger partial charge is 0.490 e. The molecule has 1 aliphatic heterocycles. The van der Waals surface area contributed by atoms with Crippen LogP contribution in [0.5, 0.6) is 0 Å². The van der Waals surface area contributed by atoms with Gasteiger partial charge in [-0.3, -0.25) is 4.79 Å². The maximum atomic E-state index is 11.0. The molecule has 8 nitrogen and oxygen atoms in total. The molecule has 0 saturated carbocycles. The van der Waals surface area contributed by atoms with Crippen molar-refractivity contribution < 1.29 is 55.7 Å². The van der Waals surface area contributed by atoms with E-state index in [0.717, 1.165) is 19.4 Å². The fourth-order valence-electron chi connectivity index (χ4n) is 1.99. The van der Waals surface area contributed by atoms with Crippen molar-refractivity contribution in [3.05, 3.63) is 0 Å². The number of rotatable bonds is 5. The number of carboxylic acid groups (broad SMARTS) is 2. The molecule has 29 heavy (non-hydrogen) atoms. The molecule has 0 aromatic heterocycles. The SMILES string of the molecule is COC(=O)[C@@H](N)CCCN1CCCCC1.O=C(O)C(F)(F)F.O=C(O)C(F)(F)F. The second-order valence-electron chi connectivity index (χ2n) is 5.78. The van der Waals surface area contributed by atoms with Crippen LogP contribution in [0.15, 0.2) is 0 Å². The van der Waals surface area contributed by atoms with E-state index < -0.39 is 30.3 Å². The number of carboxylic acids is 2. The van der Waals surface area contributed by atoms with E-state index in [1.54, 1.807) is 0 Å². The van der Waals surface area contributed by atoms with Gasteiger partial charge in [-0.05, 0) is 45.3 Å². The number of aliphatic carboxylic acids is 2. The summed E-state index contributed by atoms with van der Waals surface area (Å²) < 4.78 is 68.0. The lowest BCUT2D eigenvalue weighted by Gasteiger charge is -2.26. The number of carbonyl (C=O) groups excluding carboxylic acids is 1. The zero-order valence-electron chi connectivity index (χ0n) is 15.6. The first-order valence-corrected chi connectivity index (χ1v) is 8.28. The Morgan fingerprint density at radius 2 is 1.34 bits per heavy atom. The highest BCUT2D eigenvalue weighted by Crippen LogP contribution is 2.13. The lowest BCUT2D eigenvalue weighted by Crippen LogP contribution is -2.34. The van der Waals surface area contributed by atoms with E-state index in [0.29, 0.717) is 0 Å². The van der Waals surface area contributed by atoms with Crippen LogP contribution >= 0.6 is 0 Å². The number of piperidine rings is 1. The van der Waals surface area contributed by atoms with Gasteiger partial charge >= 0.3 is 30.3 Å². The van der Waals surface area contributed by atoms with Crippen molar-refractivity contribution in [1.29, 1.82) is 0 Å². The molecular weight excluding hydrogens is 418 g/mol. The molecule has 172 valence electrons. The molecule has 1 fully saturated rings. The van der Waals surface area contributed by atoms with Crippen LogP contribution in [-0.2, 0) is 19.1 Å². The maximum absolute atomic E-state index is 11.0. The van der Waals surface area contributed by atoms with Crippen LogP contribution in [0.1, 0.15) is 32.1 Å². The average molecular weight is 442 g/mol. The molecule has 0 aliphatic carbocycles. The molecule has 0 spiro atoms. The predicted molar refractivity (Wildman–Crippen MR) is 86.9 cm³/mol. The fraction of sp³-hybridized carbons (Fsp3) is 0.800. The molecule has 0 aromatic carbocycles. The molecule has 0 radical (unpaired) electrons. The Hall–Kier alpha value is -2.09. The minimum Gasteiger partial charge on any atom is -0.475 e. The van der Waals surface area contributed by atoms with Crippen molar-refractivity contribution in [3.8, 4) is 0 Å². The Kier molecular flexibility index (Phi) is 14.0. The molecule has 0 bridgehead atoms. The van der Waals surface area contributed by atoms with Crippen LogP contribution in [0.3, 0.4) is 0 Å². The molecule has 0 aromatic rings. The van der Waals surface area contributed by atoms with Gasteiger partial charge in [-0.15, -0.1) is 0 Å². The van der Waals surface area contributed by atoms with Crippen LogP contribution in [0.2, 0.25) is 0 Å². The average Bonchev–Trinajstić information content (AvgIpc) is 2.61. The smallest absolute Gasteiger partial charge is 0.475 e. The first kappa shape index (κ1) is 29.1. The van der Waals surface area contributed by atoms with Crippen LogP contribution in [-0.4, -0.2) is 78.2 Å². The summed E-state index contributed by atoms with van der Waals surface area (Å²) in [6.07, 6.45) is -4.48. The van der Waals surface area contributed by atoms with E-state index in [-0.39, 0.29) is 5.97 Å². The van der Waals surface area contributed by atoms with Gasteiger partial charge in [0.25, 0.3) is 0 Å². The van der Waals surface area contributed by atoms with Gasteiger partial charge in [-0.1, -0.05) is 6.42 Å². The topological polar surface area (TPSA) is 130 Å². The van der Waals surface area contributed by atoms with Gasteiger partial charge in [-0.25, -0.2) is 9.59 Å². The van der Waals surface area contributed by atoms with Crippen LogP contribution in [0.25, 0.3) is 0 Å². The summed E-state index contributed by atoms with van der Waals surface area (Å²) in [6, 6.07) is -0.445. The Labute approximate surface area is 162 Å². The van der Waals surface area contributed by atoms with Crippen molar-refractivity contribution in [3.63, 3.8) is 0 Å². The van der Waals surface area contributed by atoms with E-state index in [9.17, 15) is 31.1 Å². The van der Waals surface area contributed by atoms with Gasteiger partial charge < -0.3 is 25.6 Å². The fourth-order valence-corrected chi connectivity index (χ4v) is 1.99. The predicted octanol–water partition coefficient (Wildman–Crippen LogP) is 2.02. The van der Waals surface area contributed by atoms with Crippen LogP contribution in [0, 0.1) is 0 Å². The molecular formula is C15H24F6N2O6. The lowest BCUT2D eigenvalue weighted by atomic mass is 10.1. The summed E-state index contributed by atoms with van der Waals surface area (Å²) >= 11 is 0. The summed E-state index contributed by atoms with van der Waals surface area (Å²) in [5, 5.41) is 14.2. The van der Waals surface area contributed by atoms with Gasteiger partial charge in [0.15, 0.2) is 0 Å². The zero-order chi connectivity index (χ0) is 23.3. The first-order valence-electron chi connectivity index (χ1n) is 8.28. The highest BCUT2D eigenvalue weighted by molar-refractivity contribution is 5.75. The standard InChI is InChI=1S/C11H22N2O2.2C2HF3O2/c1-15-11(14)10(12)6-5-9-13-7-3-2-4-8-13;2*3-2(4,5)1(6)7/h10H,2-9,12H2,1H3;2*(H,6,7)/t10-;;/m0../s1. The van der Waals surface area contributed by atoms with E-state index in [1.807, 2.05) is 0 Å². The van der Waals surface area contributed by atoms with Gasteiger partial charge in [0, 0.05) is 0 Å². The van der Waals surface area contributed by atoms with Gasteiger partial charge in [-0.2, -0.15) is 26.3 Å². The van der Waals surface area contributed by atoms with E-state index in [4.69, 9.17) is 25.5 Å². The number of likely N-dealkylation sites (tertiary alicyclic amines) is 1. The van der Waals surface area contributed by atoms with Crippen molar-refractivity contribution in [1.82, 2.24) is 4.90 Å². The summed E-state index contributed by atoms with van der Waals surface area (Å²) in [6.45, 7) is 3.46. The van der Waals surface area contributed by atoms with Crippen LogP contribution in [0.4, 0.5) is 26.3 Å². The van der Waals surface area contributed by atoms with Gasteiger partial charge in [0.05, 0.1) is 7.11 Å². The highest BCUT2D eigenvalue weighted by atomic mass is 19.4. The third kappa shape index (κ3) is 16.6. The Balaban J connectivity index is 0. The van der Waals surface area contributed by atoms with Crippen molar-refractivity contribution in [2.24, 2.45) is 5.73 Å². The van der Waals surface area contributed by atoms with E-state index >= 15 is 0 Å². The quantitative estimate of drug-likeness (QED) is 0.436. The molecule has 1 saturated heterocycles. The number of hydrogen-bond acceptors (Lipinski definition) is 6. The molecule has 14 heteroatoms. The summed E-state index contributed by atoms with van der Waals surface area (Å²) in [7, 11) is 1.38. The molecule has 1 aliphatic rings. The second kappa shape index (κ2) is 14.0. The Bertz CT molecular complexity index is 483.